The second kappa shape index (κ2) is 5.26. The maximum atomic E-state index is 6.30. The Morgan fingerprint density at radius 1 is 1.09 bits per heavy atom. The van der Waals surface area contributed by atoms with E-state index in [1.807, 2.05) is 11.3 Å². The highest BCUT2D eigenvalue weighted by molar-refractivity contribution is 7.16. The molecule has 5 rings (SSSR count). The van der Waals surface area contributed by atoms with Gasteiger partial charge >= 0.3 is 0 Å². The van der Waals surface area contributed by atoms with E-state index in [9.17, 15) is 0 Å². The molecule has 0 radical (unpaired) electrons. The SMILES string of the molecule is c1nc(N2CCC3(CC2)OCCc2ccsc23)c2ccsc2n1. The number of fused-ring (bicyclic) bond motifs is 3. The Bertz CT molecular complexity index is 848. The quantitative estimate of drug-likeness (QED) is 0.673. The monoisotopic (exact) mass is 343 g/mol. The molecule has 3 aromatic heterocycles. The first-order valence-electron chi connectivity index (χ1n) is 8.00. The Kier molecular flexibility index (Phi) is 3.18. The Balaban J connectivity index is 1.45. The van der Waals surface area contributed by atoms with Crippen LogP contribution in [0, 0.1) is 0 Å². The van der Waals surface area contributed by atoms with Crippen LogP contribution in [0.5, 0.6) is 0 Å². The molecule has 0 aliphatic carbocycles. The lowest BCUT2D eigenvalue weighted by Gasteiger charge is -2.44. The number of ether oxygens (including phenoxy) is 1. The van der Waals surface area contributed by atoms with E-state index >= 15 is 0 Å². The second-order valence-corrected chi connectivity index (χ2v) is 8.00. The van der Waals surface area contributed by atoms with Gasteiger partial charge < -0.3 is 9.64 Å². The van der Waals surface area contributed by atoms with Gasteiger partial charge in [-0.15, -0.1) is 22.7 Å². The highest BCUT2D eigenvalue weighted by atomic mass is 32.1. The molecule has 4 nitrogen and oxygen atoms in total. The highest BCUT2D eigenvalue weighted by Crippen LogP contribution is 2.45. The number of piperidine rings is 1. The molecule has 0 N–H and O–H groups in total. The van der Waals surface area contributed by atoms with E-state index in [1.54, 1.807) is 17.7 Å². The smallest absolute Gasteiger partial charge is 0.140 e. The van der Waals surface area contributed by atoms with E-state index in [-0.39, 0.29) is 5.60 Å². The maximum Gasteiger partial charge on any atom is 0.140 e. The van der Waals surface area contributed by atoms with E-state index in [0.29, 0.717) is 0 Å². The molecule has 6 heteroatoms. The predicted molar refractivity (Wildman–Crippen MR) is 94.5 cm³/mol. The molecule has 0 unspecified atom stereocenters. The van der Waals surface area contributed by atoms with Crippen LogP contribution in [0.1, 0.15) is 23.3 Å². The summed E-state index contributed by atoms with van der Waals surface area (Å²) in [5.41, 5.74) is 1.44. The number of anilines is 1. The van der Waals surface area contributed by atoms with Crippen LogP contribution in [0.3, 0.4) is 0 Å². The van der Waals surface area contributed by atoms with Gasteiger partial charge in [0.15, 0.2) is 0 Å². The lowest BCUT2D eigenvalue weighted by Crippen LogP contribution is -2.46. The molecule has 5 heterocycles. The van der Waals surface area contributed by atoms with E-state index in [4.69, 9.17) is 4.74 Å². The van der Waals surface area contributed by atoms with Gasteiger partial charge in [0.05, 0.1) is 12.0 Å². The molecule has 0 atom stereocenters. The molecule has 118 valence electrons. The van der Waals surface area contributed by atoms with Gasteiger partial charge in [0.1, 0.15) is 22.6 Å². The van der Waals surface area contributed by atoms with Gasteiger partial charge in [-0.05, 0) is 47.7 Å². The number of thiophene rings is 2. The van der Waals surface area contributed by atoms with Crippen LogP contribution in [0.2, 0.25) is 0 Å². The van der Waals surface area contributed by atoms with E-state index in [2.05, 4.69) is 37.8 Å². The van der Waals surface area contributed by atoms with Crippen molar-refractivity contribution in [1.82, 2.24) is 9.97 Å². The normalized spacial score (nSPS) is 20.1. The van der Waals surface area contributed by atoms with Crippen molar-refractivity contribution in [1.29, 1.82) is 0 Å². The molecule has 0 saturated carbocycles. The average molecular weight is 343 g/mol. The molecule has 2 aliphatic rings. The summed E-state index contributed by atoms with van der Waals surface area (Å²) in [5, 5.41) is 5.48. The number of aromatic nitrogens is 2. The topological polar surface area (TPSA) is 38.2 Å². The minimum absolute atomic E-state index is 0.0565. The van der Waals surface area contributed by atoms with Crippen molar-refractivity contribution in [2.45, 2.75) is 24.9 Å². The molecule has 1 spiro atoms. The number of nitrogens with zero attached hydrogens (tertiary/aromatic N) is 3. The molecule has 2 aliphatic heterocycles. The van der Waals surface area contributed by atoms with Crippen LogP contribution in [0.15, 0.2) is 29.2 Å². The fourth-order valence-electron chi connectivity index (χ4n) is 3.83. The van der Waals surface area contributed by atoms with Crippen molar-refractivity contribution < 1.29 is 4.74 Å². The lowest BCUT2D eigenvalue weighted by molar-refractivity contribution is -0.0735. The van der Waals surface area contributed by atoms with E-state index < -0.39 is 0 Å². The van der Waals surface area contributed by atoms with Crippen LogP contribution in [0.25, 0.3) is 10.2 Å². The summed E-state index contributed by atoms with van der Waals surface area (Å²) in [6.07, 6.45) is 4.82. The molecule has 1 saturated heterocycles. The molecule has 0 amide bonds. The summed E-state index contributed by atoms with van der Waals surface area (Å²) in [5.74, 6) is 1.08. The highest BCUT2D eigenvalue weighted by Gasteiger charge is 2.42. The lowest BCUT2D eigenvalue weighted by atomic mass is 9.85. The van der Waals surface area contributed by atoms with Crippen molar-refractivity contribution in [2.24, 2.45) is 0 Å². The maximum absolute atomic E-state index is 6.30. The fourth-order valence-corrected chi connectivity index (χ4v) is 5.73. The van der Waals surface area contributed by atoms with Crippen molar-refractivity contribution in [3.8, 4) is 0 Å². The summed E-state index contributed by atoms with van der Waals surface area (Å²) in [7, 11) is 0. The Morgan fingerprint density at radius 2 is 1.96 bits per heavy atom. The number of hydrogen-bond donors (Lipinski definition) is 0. The van der Waals surface area contributed by atoms with Crippen LogP contribution in [0.4, 0.5) is 5.82 Å². The van der Waals surface area contributed by atoms with Gasteiger partial charge in [-0.3, -0.25) is 0 Å². The van der Waals surface area contributed by atoms with Gasteiger partial charge in [-0.25, -0.2) is 9.97 Å². The van der Waals surface area contributed by atoms with Gasteiger partial charge in [0.2, 0.25) is 0 Å². The Labute approximate surface area is 142 Å². The Hall–Kier alpha value is -1.50. The molecule has 0 aromatic carbocycles. The first-order chi connectivity index (χ1) is 11.4. The van der Waals surface area contributed by atoms with Crippen LogP contribution < -0.4 is 4.90 Å². The molecule has 1 fully saturated rings. The average Bonchev–Trinajstić information content (AvgIpc) is 3.25. The van der Waals surface area contributed by atoms with Crippen molar-refractivity contribution in [2.75, 3.05) is 24.6 Å². The van der Waals surface area contributed by atoms with Crippen molar-refractivity contribution in [3.05, 3.63) is 39.7 Å². The molecule has 3 aromatic rings. The minimum Gasteiger partial charge on any atom is -0.369 e. The second-order valence-electron chi connectivity index (χ2n) is 6.19. The largest absolute Gasteiger partial charge is 0.369 e. The fraction of sp³-hybridized carbons (Fsp3) is 0.412. The molecular weight excluding hydrogens is 326 g/mol. The first kappa shape index (κ1) is 13.9. The molecule has 23 heavy (non-hydrogen) atoms. The van der Waals surface area contributed by atoms with Crippen molar-refractivity contribution in [3.63, 3.8) is 0 Å². The summed E-state index contributed by atoms with van der Waals surface area (Å²) < 4.78 is 6.30. The first-order valence-corrected chi connectivity index (χ1v) is 9.76. The third-order valence-electron chi connectivity index (χ3n) is 5.02. The summed E-state index contributed by atoms with van der Waals surface area (Å²) in [6, 6.07) is 4.41. The van der Waals surface area contributed by atoms with Gasteiger partial charge in [-0.2, -0.15) is 0 Å². The molecular formula is C17H17N3OS2. The molecule has 0 bridgehead atoms. The number of rotatable bonds is 1. The zero-order valence-electron chi connectivity index (χ0n) is 12.7. The zero-order chi connectivity index (χ0) is 15.3. The van der Waals surface area contributed by atoms with Gasteiger partial charge in [0.25, 0.3) is 0 Å². The summed E-state index contributed by atoms with van der Waals surface area (Å²) >= 11 is 3.54. The third-order valence-corrected chi connectivity index (χ3v) is 6.98. The van der Waals surface area contributed by atoms with Crippen LogP contribution in [-0.2, 0) is 16.8 Å². The van der Waals surface area contributed by atoms with Gasteiger partial charge in [0, 0.05) is 18.0 Å². The number of hydrogen-bond acceptors (Lipinski definition) is 6. The summed E-state index contributed by atoms with van der Waals surface area (Å²) in [6.45, 7) is 2.82. The minimum atomic E-state index is -0.0565. The predicted octanol–water partition coefficient (Wildman–Crippen LogP) is 3.82. The zero-order valence-corrected chi connectivity index (χ0v) is 14.3. The Morgan fingerprint density at radius 3 is 2.87 bits per heavy atom. The third kappa shape index (κ3) is 2.12. The van der Waals surface area contributed by atoms with Gasteiger partial charge in [-0.1, -0.05) is 0 Å². The van der Waals surface area contributed by atoms with Crippen molar-refractivity contribution >= 4 is 38.7 Å². The summed E-state index contributed by atoms with van der Waals surface area (Å²) in [4.78, 5) is 13.8. The van der Waals surface area contributed by atoms with Crippen LogP contribution >= 0.6 is 22.7 Å². The van der Waals surface area contributed by atoms with E-state index in [0.717, 1.165) is 49.6 Å². The van der Waals surface area contributed by atoms with Crippen LogP contribution in [-0.4, -0.2) is 29.7 Å². The standard InChI is InChI=1S/C17H17N3OS2/c1-8-21-17(14-12(1)2-9-22-14)4-6-20(7-5-17)15-13-3-10-23-16(13)19-11-18-15/h2-3,9-11H,1,4-8H2. The van der Waals surface area contributed by atoms with E-state index in [1.165, 1.54) is 15.8 Å².